The summed E-state index contributed by atoms with van der Waals surface area (Å²) in [5.41, 5.74) is 2.21. The van der Waals surface area contributed by atoms with Gasteiger partial charge in [0.1, 0.15) is 0 Å². The molecule has 0 aliphatic carbocycles. The largest absolute Gasteiger partial charge is 0.768 e. The molecule has 2 aromatic carbocycles. The van der Waals surface area contributed by atoms with Crippen LogP contribution in [0.15, 0.2) is 53.4 Å². The van der Waals surface area contributed by atoms with Crippen molar-refractivity contribution in [2.24, 2.45) is 0 Å². The van der Waals surface area contributed by atoms with Crippen molar-refractivity contribution in [1.29, 1.82) is 5.26 Å². The molecule has 0 saturated carbocycles. The van der Waals surface area contributed by atoms with Crippen LogP contribution in [0.5, 0.6) is 0 Å². The Kier molecular flexibility index (Phi) is 3.33. The fourth-order valence-corrected chi connectivity index (χ4v) is 1.94. The molecule has 4 heteroatoms. The van der Waals surface area contributed by atoms with Crippen molar-refractivity contribution in [3.63, 3.8) is 0 Å². The minimum atomic E-state index is -2.22. The maximum absolute atomic E-state index is 10.7. The topological polar surface area (TPSA) is 63.9 Å². The molecule has 0 bridgehead atoms. The SMILES string of the molecule is N#Cc1ccccc1-c1ccc(S(=O)[O-])cc1. The van der Waals surface area contributed by atoms with Gasteiger partial charge in [0.05, 0.1) is 11.6 Å². The Hall–Kier alpha value is -1.96. The lowest BCUT2D eigenvalue weighted by atomic mass is 10.0. The first-order valence-electron chi connectivity index (χ1n) is 4.91. The lowest BCUT2D eigenvalue weighted by molar-refractivity contribution is 0.537. The third kappa shape index (κ3) is 2.41. The van der Waals surface area contributed by atoms with E-state index in [-0.39, 0.29) is 4.90 Å². The molecule has 0 saturated heterocycles. The van der Waals surface area contributed by atoms with Crippen LogP contribution in [0.1, 0.15) is 5.56 Å². The third-order valence-electron chi connectivity index (χ3n) is 2.41. The van der Waals surface area contributed by atoms with E-state index < -0.39 is 11.1 Å². The van der Waals surface area contributed by atoms with E-state index in [4.69, 9.17) is 5.26 Å². The second-order valence-corrected chi connectivity index (χ2v) is 4.36. The summed E-state index contributed by atoms with van der Waals surface area (Å²) in [5, 5.41) is 8.97. The van der Waals surface area contributed by atoms with E-state index in [9.17, 15) is 8.76 Å². The smallest absolute Gasteiger partial charge is 0.0998 e. The van der Waals surface area contributed by atoms with Crippen LogP contribution in [0.2, 0.25) is 0 Å². The molecule has 0 N–H and O–H groups in total. The Morgan fingerprint density at radius 3 is 2.29 bits per heavy atom. The van der Waals surface area contributed by atoms with E-state index in [1.54, 1.807) is 24.3 Å². The van der Waals surface area contributed by atoms with Crippen LogP contribution in [0.4, 0.5) is 0 Å². The molecule has 0 amide bonds. The van der Waals surface area contributed by atoms with E-state index in [1.807, 2.05) is 12.1 Å². The summed E-state index contributed by atoms with van der Waals surface area (Å²) in [6.07, 6.45) is 0. The highest BCUT2D eigenvalue weighted by atomic mass is 32.2. The quantitative estimate of drug-likeness (QED) is 0.760. The second-order valence-electron chi connectivity index (χ2n) is 3.42. The van der Waals surface area contributed by atoms with E-state index in [0.29, 0.717) is 5.56 Å². The Morgan fingerprint density at radius 1 is 1.06 bits per heavy atom. The van der Waals surface area contributed by atoms with Gasteiger partial charge in [0.25, 0.3) is 0 Å². The standard InChI is InChI=1S/C13H9NO2S/c14-9-11-3-1-2-4-13(11)10-5-7-12(8-6-10)17(15)16/h1-8H,(H,15,16)/p-1. The third-order valence-corrected chi connectivity index (χ3v) is 3.06. The molecule has 3 nitrogen and oxygen atoms in total. The van der Waals surface area contributed by atoms with Crippen molar-refractivity contribution in [1.82, 2.24) is 0 Å². The second kappa shape index (κ2) is 4.91. The maximum Gasteiger partial charge on any atom is 0.0998 e. The summed E-state index contributed by atoms with van der Waals surface area (Å²) in [5.74, 6) is 0. The first-order chi connectivity index (χ1) is 8.22. The number of benzene rings is 2. The average Bonchev–Trinajstić information content (AvgIpc) is 2.39. The van der Waals surface area contributed by atoms with E-state index in [0.717, 1.165) is 11.1 Å². The van der Waals surface area contributed by atoms with Gasteiger partial charge in [0, 0.05) is 4.90 Å². The summed E-state index contributed by atoms with van der Waals surface area (Å²) < 4.78 is 21.4. The monoisotopic (exact) mass is 242 g/mol. The van der Waals surface area contributed by atoms with Gasteiger partial charge in [-0.2, -0.15) is 5.26 Å². The lowest BCUT2D eigenvalue weighted by Crippen LogP contribution is -1.89. The molecule has 1 atom stereocenters. The van der Waals surface area contributed by atoms with Gasteiger partial charge in [0.2, 0.25) is 0 Å². The van der Waals surface area contributed by atoms with Gasteiger partial charge in [-0.25, -0.2) is 0 Å². The Bertz CT molecular complexity index is 600. The van der Waals surface area contributed by atoms with Gasteiger partial charge in [-0.1, -0.05) is 30.3 Å². The van der Waals surface area contributed by atoms with Crippen LogP contribution in [-0.2, 0) is 11.1 Å². The van der Waals surface area contributed by atoms with Crippen LogP contribution < -0.4 is 0 Å². The van der Waals surface area contributed by atoms with Crippen LogP contribution in [0.3, 0.4) is 0 Å². The summed E-state index contributed by atoms with van der Waals surface area (Å²) in [6, 6.07) is 15.7. The molecular weight excluding hydrogens is 234 g/mol. The normalized spacial score (nSPS) is 11.8. The minimum absolute atomic E-state index is 0.239. The zero-order valence-corrected chi connectivity index (χ0v) is 9.61. The van der Waals surface area contributed by atoms with Crippen LogP contribution in [0, 0.1) is 11.3 Å². The number of rotatable bonds is 2. The van der Waals surface area contributed by atoms with E-state index in [1.165, 1.54) is 12.1 Å². The van der Waals surface area contributed by atoms with Crippen LogP contribution in [0.25, 0.3) is 11.1 Å². The first kappa shape index (κ1) is 11.5. The molecule has 2 rings (SSSR count). The molecule has 0 aliphatic rings. The summed E-state index contributed by atoms with van der Waals surface area (Å²) in [4.78, 5) is 0.239. The minimum Gasteiger partial charge on any atom is -0.768 e. The maximum atomic E-state index is 10.7. The summed E-state index contributed by atoms with van der Waals surface area (Å²) in [7, 11) is 0. The molecule has 84 valence electrons. The van der Waals surface area contributed by atoms with Crippen molar-refractivity contribution in [2.45, 2.75) is 4.90 Å². The predicted octanol–water partition coefficient (Wildman–Crippen LogP) is 2.46. The highest BCUT2D eigenvalue weighted by Crippen LogP contribution is 2.23. The van der Waals surface area contributed by atoms with Gasteiger partial charge in [-0.15, -0.1) is 0 Å². The number of hydrogen-bond donors (Lipinski definition) is 0. The molecule has 0 radical (unpaired) electrons. The predicted molar refractivity (Wildman–Crippen MR) is 63.8 cm³/mol. The van der Waals surface area contributed by atoms with Gasteiger partial charge in [-0.3, -0.25) is 4.21 Å². The average molecular weight is 242 g/mol. The molecule has 1 unspecified atom stereocenters. The summed E-state index contributed by atoms with van der Waals surface area (Å²) in [6.45, 7) is 0. The molecular formula is C13H8NO2S-. The lowest BCUT2D eigenvalue weighted by Gasteiger charge is -2.07. The molecule has 0 aliphatic heterocycles. The van der Waals surface area contributed by atoms with Gasteiger partial charge >= 0.3 is 0 Å². The molecule has 2 aromatic rings. The highest BCUT2D eigenvalue weighted by Gasteiger charge is 2.03. The molecule has 0 fully saturated rings. The molecule has 0 heterocycles. The number of nitriles is 1. The summed E-state index contributed by atoms with van der Waals surface area (Å²) >= 11 is -2.22. The van der Waals surface area contributed by atoms with Crippen molar-refractivity contribution < 1.29 is 8.76 Å². The van der Waals surface area contributed by atoms with Crippen molar-refractivity contribution in [3.05, 3.63) is 54.1 Å². The van der Waals surface area contributed by atoms with Crippen molar-refractivity contribution in [2.75, 3.05) is 0 Å². The van der Waals surface area contributed by atoms with Crippen LogP contribution in [-0.4, -0.2) is 8.76 Å². The zero-order valence-electron chi connectivity index (χ0n) is 8.79. The molecule has 17 heavy (non-hydrogen) atoms. The first-order valence-corrected chi connectivity index (χ1v) is 5.98. The highest BCUT2D eigenvalue weighted by molar-refractivity contribution is 7.79. The van der Waals surface area contributed by atoms with Crippen molar-refractivity contribution in [3.8, 4) is 17.2 Å². The Balaban J connectivity index is 2.47. The Morgan fingerprint density at radius 2 is 1.71 bits per heavy atom. The Labute approximate surface area is 102 Å². The van der Waals surface area contributed by atoms with Gasteiger partial charge in [-0.05, 0) is 40.4 Å². The number of hydrogen-bond acceptors (Lipinski definition) is 3. The van der Waals surface area contributed by atoms with E-state index in [2.05, 4.69) is 6.07 Å². The fraction of sp³-hybridized carbons (Fsp3) is 0. The van der Waals surface area contributed by atoms with Crippen molar-refractivity contribution >= 4 is 11.1 Å². The molecule has 0 aromatic heterocycles. The van der Waals surface area contributed by atoms with Gasteiger partial charge in [0.15, 0.2) is 0 Å². The fourth-order valence-electron chi connectivity index (χ4n) is 1.58. The van der Waals surface area contributed by atoms with Gasteiger partial charge < -0.3 is 4.55 Å². The zero-order chi connectivity index (χ0) is 12.3. The van der Waals surface area contributed by atoms with Crippen LogP contribution >= 0.6 is 0 Å². The molecule has 0 spiro atoms. The number of nitrogens with zero attached hydrogens (tertiary/aromatic N) is 1. The van der Waals surface area contributed by atoms with E-state index >= 15 is 0 Å².